The first-order valence-corrected chi connectivity index (χ1v) is 6.00. The van der Waals surface area contributed by atoms with Gasteiger partial charge in [-0.1, -0.05) is 0 Å². The van der Waals surface area contributed by atoms with E-state index < -0.39 is 4.92 Å². The van der Waals surface area contributed by atoms with Gasteiger partial charge in [0.2, 0.25) is 5.91 Å². The fourth-order valence-electron chi connectivity index (χ4n) is 1.99. The molecule has 1 amide bonds. The Hall–Kier alpha value is -2.15. The molecule has 0 spiro atoms. The number of amides is 1. The highest BCUT2D eigenvalue weighted by molar-refractivity contribution is 5.95. The van der Waals surface area contributed by atoms with Crippen LogP contribution in [0.15, 0.2) is 12.1 Å². The molecule has 1 aromatic carbocycles. The van der Waals surface area contributed by atoms with Gasteiger partial charge in [0.05, 0.1) is 17.2 Å². The van der Waals surface area contributed by atoms with Crippen molar-refractivity contribution in [2.75, 3.05) is 17.2 Å². The first-order chi connectivity index (χ1) is 9.01. The molecule has 1 atom stereocenters. The monoisotopic (exact) mass is 265 g/mol. The summed E-state index contributed by atoms with van der Waals surface area (Å²) in [4.78, 5) is 21.8. The number of hydrogen-bond donors (Lipinski definition) is 3. The van der Waals surface area contributed by atoms with Gasteiger partial charge in [-0.2, -0.15) is 0 Å². The number of rotatable bonds is 4. The number of aliphatic hydroxyl groups excluding tert-OH is 1. The van der Waals surface area contributed by atoms with E-state index in [1.54, 1.807) is 13.0 Å². The number of aryl methyl sites for hydroxylation is 1. The Bertz CT molecular complexity index is 530. The normalized spacial score (nSPS) is 15.4. The number of nitro benzene ring substituents is 1. The van der Waals surface area contributed by atoms with Crippen LogP contribution in [0.5, 0.6) is 0 Å². The van der Waals surface area contributed by atoms with E-state index in [-0.39, 0.29) is 24.2 Å². The summed E-state index contributed by atoms with van der Waals surface area (Å²) in [6.07, 6.45) is 0.932. The van der Waals surface area contributed by atoms with Crippen LogP contribution >= 0.6 is 0 Å². The van der Waals surface area contributed by atoms with Crippen LogP contribution in [-0.4, -0.2) is 28.6 Å². The number of nitro groups is 1. The van der Waals surface area contributed by atoms with E-state index in [1.165, 1.54) is 6.07 Å². The predicted molar refractivity (Wildman–Crippen MR) is 70.2 cm³/mol. The summed E-state index contributed by atoms with van der Waals surface area (Å²) >= 11 is 0. The second kappa shape index (κ2) is 5.23. The molecule has 1 heterocycles. The van der Waals surface area contributed by atoms with Crippen LogP contribution in [0.4, 0.5) is 17.1 Å². The Morgan fingerprint density at radius 3 is 2.89 bits per heavy atom. The minimum Gasteiger partial charge on any atom is -0.394 e. The first kappa shape index (κ1) is 13.3. The van der Waals surface area contributed by atoms with E-state index in [0.29, 0.717) is 24.2 Å². The van der Waals surface area contributed by atoms with Crippen LogP contribution in [-0.2, 0) is 11.2 Å². The second-order valence-electron chi connectivity index (χ2n) is 4.56. The molecule has 1 aliphatic heterocycles. The number of nitrogens with zero attached hydrogens (tertiary/aromatic N) is 1. The molecular formula is C12H15N3O4. The summed E-state index contributed by atoms with van der Waals surface area (Å²) in [5.74, 6) is -0.133. The van der Waals surface area contributed by atoms with Gasteiger partial charge in [-0.05, 0) is 25.0 Å². The van der Waals surface area contributed by atoms with Crippen molar-refractivity contribution < 1.29 is 14.8 Å². The predicted octanol–water partition coefficient (Wildman–Crippen LogP) is 1.27. The molecule has 102 valence electrons. The highest BCUT2D eigenvalue weighted by Gasteiger charge is 2.23. The van der Waals surface area contributed by atoms with E-state index in [9.17, 15) is 14.9 Å². The molecule has 7 nitrogen and oxygen atoms in total. The van der Waals surface area contributed by atoms with E-state index >= 15 is 0 Å². The molecule has 0 fully saturated rings. The smallest absolute Gasteiger partial charge is 0.294 e. The molecule has 1 unspecified atom stereocenters. The SMILES string of the molecule is CC(CO)Nc1cc2c(cc1[N+](=O)[O-])NC(=O)CC2. The summed E-state index contributed by atoms with van der Waals surface area (Å²) in [7, 11) is 0. The molecule has 0 radical (unpaired) electrons. The summed E-state index contributed by atoms with van der Waals surface area (Å²) in [5, 5.41) is 25.6. The van der Waals surface area contributed by atoms with Gasteiger partial charge in [0.1, 0.15) is 5.69 Å². The number of hydrogen-bond acceptors (Lipinski definition) is 5. The third-order valence-electron chi connectivity index (χ3n) is 2.99. The fraction of sp³-hybridized carbons (Fsp3) is 0.417. The van der Waals surface area contributed by atoms with Crippen molar-refractivity contribution in [2.24, 2.45) is 0 Å². The zero-order valence-electron chi connectivity index (χ0n) is 10.5. The quantitative estimate of drug-likeness (QED) is 0.561. The Balaban J connectivity index is 2.41. The van der Waals surface area contributed by atoms with E-state index in [4.69, 9.17) is 5.11 Å². The summed E-state index contributed by atoms with van der Waals surface area (Å²) in [6.45, 7) is 1.61. The van der Waals surface area contributed by atoms with Crippen molar-refractivity contribution in [3.8, 4) is 0 Å². The lowest BCUT2D eigenvalue weighted by Crippen LogP contribution is -2.22. The lowest BCUT2D eigenvalue weighted by atomic mass is 10.0. The molecule has 0 aromatic heterocycles. The maximum absolute atomic E-state index is 11.3. The van der Waals surface area contributed by atoms with Crippen LogP contribution in [0.1, 0.15) is 18.9 Å². The molecule has 1 aliphatic rings. The average molecular weight is 265 g/mol. The number of nitrogens with one attached hydrogen (secondary N) is 2. The van der Waals surface area contributed by atoms with Gasteiger partial charge in [-0.15, -0.1) is 0 Å². The number of benzene rings is 1. The number of carbonyl (C=O) groups excluding carboxylic acids is 1. The molecule has 7 heteroatoms. The van der Waals surface area contributed by atoms with Gasteiger partial charge in [-0.3, -0.25) is 14.9 Å². The number of fused-ring (bicyclic) bond motifs is 1. The molecule has 1 aromatic rings. The molecule has 2 rings (SSSR count). The number of carbonyl (C=O) groups is 1. The Morgan fingerprint density at radius 2 is 2.26 bits per heavy atom. The highest BCUT2D eigenvalue weighted by atomic mass is 16.6. The molecular weight excluding hydrogens is 250 g/mol. The zero-order valence-corrected chi connectivity index (χ0v) is 10.5. The van der Waals surface area contributed by atoms with Crippen LogP contribution in [0.25, 0.3) is 0 Å². The van der Waals surface area contributed by atoms with Crippen LogP contribution in [0.3, 0.4) is 0 Å². The molecule has 0 saturated carbocycles. The van der Waals surface area contributed by atoms with Crippen molar-refractivity contribution in [1.82, 2.24) is 0 Å². The Labute approximate surface area is 109 Å². The molecule has 19 heavy (non-hydrogen) atoms. The van der Waals surface area contributed by atoms with Gasteiger partial charge in [0.15, 0.2) is 0 Å². The second-order valence-corrected chi connectivity index (χ2v) is 4.56. The average Bonchev–Trinajstić information content (AvgIpc) is 2.37. The van der Waals surface area contributed by atoms with Crippen LogP contribution < -0.4 is 10.6 Å². The maximum Gasteiger partial charge on any atom is 0.294 e. The lowest BCUT2D eigenvalue weighted by Gasteiger charge is -2.19. The summed E-state index contributed by atoms with van der Waals surface area (Å²) in [5.41, 5.74) is 1.60. The largest absolute Gasteiger partial charge is 0.394 e. The third kappa shape index (κ3) is 2.82. The molecule has 0 bridgehead atoms. The topological polar surface area (TPSA) is 104 Å². The van der Waals surface area contributed by atoms with Crippen molar-refractivity contribution in [2.45, 2.75) is 25.8 Å². The van der Waals surface area contributed by atoms with Crippen molar-refractivity contribution in [3.05, 3.63) is 27.8 Å². The van der Waals surface area contributed by atoms with Gasteiger partial charge < -0.3 is 15.7 Å². The van der Waals surface area contributed by atoms with Crippen molar-refractivity contribution >= 4 is 23.0 Å². The minimum absolute atomic E-state index is 0.110. The lowest BCUT2D eigenvalue weighted by molar-refractivity contribution is -0.383. The zero-order chi connectivity index (χ0) is 14.0. The maximum atomic E-state index is 11.3. The third-order valence-corrected chi connectivity index (χ3v) is 2.99. The summed E-state index contributed by atoms with van der Waals surface area (Å²) in [6, 6.07) is 2.74. The number of aliphatic hydroxyl groups is 1. The fourth-order valence-corrected chi connectivity index (χ4v) is 1.99. The van der Waals surface area contributed by atoms with Gasteiger partial charge in [0, 0.05) is 18.5 Å². The van der Waals surface area contributed by atoms with Gasteiger partial charge in [0.25, 0.3) is 5.69 Å². The number of anilines is 2. The Morgan fingerprint density at radius 1 is 1.53 bits per heavy atom. The van der Waals surface area contributed by atoms with Gasteiger partial charge in [-0.25, -0.2) is 0 Å². The molecule has 0 saturated heterocycles. The van der Waals surface area contributed by atoms with Gasteiger partial charge >= 0.3 is 0 Å². The Kier molecular flexibility index (Phi) is 3.66. The van der Waals surface area contributed by atoms with Crippen LogP contribution in [0, 0.1) is 10.1 Å². The molecule has 3 N–H and O–H groups in total. The van der Waals surface area contributed by atoms with E-state index in [1.807, 2.05) is 0 Å². The first-order valence-electron chi connectivity index (χ1n) is 6.00. The van der Waals surface area contributed by atoms with E-state index in [0.717, 1.165) is 5.56 Å². The molecule has 0 aliphatic carbocycles. The van der Waals surface area contributed by atoms with Crippen LogP contribution in [0.2, 0.25) is 0 Å². The van der Waals surface area contributed by atoms with Crippen molar-refractivity contribution in [1.29, 1.82) is 0 Å². The van der Waals surface area contributed by atoms with Crippen molar-refractivity contribution in [3.63, 3.8) is 0 Å². The summed E-state index contributed by atoms with van der Waals surface area (Å²) < 4.78 is 0. The minimum atomic E-state index is -0.506. The highest BCUT2D eigenvalue weighted by Crippen LogP contribution is 2.34. The standard InChI is InChI=1S/C12H15N3O4/c1-7(6-16)13-10-4-8-2-3-12(17)14-9(8)5-11(10)15(18)19/h4-5,7,13,16H,2-3,6H2,1H3,(H,14,17). The van der Waals surface area contributed by atoms with E-state index in [2.05, 4.69) is 10.6 Å².